The van der Waals surface area contributed by atoms with E-state index in [1.54, 1.807) is 140 Å². The molecule has 0 saturated carbocycles. The predicted octanol–water partition coefficient (Wildman–Crippen LogP) is 7.61. The highest BCUT2D eigenvalue weighted by Gasteiger charge is 2.22. The summed E-state index contributed by atoms with van der Waals surface area (Å²) in [6.07, 6.45) is 6.38. The van der Waals surface area contributed by atoms with Crippen molar-refractivity contribution in [1.29, 1.82) is 0 Å². The van der Waals surface area contributed by atoms with Gasteiger partial charge < -0.3 is 11.1 Å². The van der Waals surface area contributed by atoms with E-state index in [0.29, 0.717) is 60.6 Å². The lowest BCUT2D eigenvalue weighted by Crippen LogP contribution is -2.12. The first kappa shape index (κ1) is 64.9. The van der Waals surface area contributed by atoms with E-state index in [2.05, 4.69) is 25.7 Å². The van der Waals surface area contributed by atoms with Crippen LogP contribution in [-0.4, -0.2) is 113 Å². The number of hydrogen-bond acceptors (Lipinski definition) is 20. The number of fused-ring (bicyclic) bond motifs is 6. The maximum Gasteiger partial charge on any atom is 0.425 e. The third kappa shape index (κ3) is 16.3. The molecule has 456 valence electrons. The molecule has 9 aromatic carbocycles. The monoisotopic (exact) mass is 1320 g/mol. The highest BCUT2D eigenvalue weighted by atomic mass is 32.2. The Morgan fingerprint density at radius 2 is 0.820 bits per heavy atom. The number of rotatable bonds is 12. The average molecular weight is 1320 g/mol. The van der Waals surface area contributed by atoms with Gasteiger partial charge in [0.2, 0.25) is 0 Å². The zero-order valence-electron chi connectivity index (χ0n) is 45.1. The van der Waals surface area contributed by atoms with Crippen LogP contribution in [-0.2, 0) is 61.7 Å². The fraction of sp³-hybridized carbons (Fsp3) is 0.0179. The van der Waals surface area contributed by atoms with Gasteiger partial charge in [0, 0.05) is 38.5 Å². The van der Waals surface area contributed by atoms with E-state index < -0.39 is 67.6 Å². The summed E-state index contributed by atoms with van der Waals surface area (Å²) in [4.78, 5) is 14.1. The molecule has 0 aliphatic rings. The molecule has 11 aromatic rings. The lowest BCUT2D eigenvalue weighted by Gasteiger charge is -2.09. The van der Waals surface area contributed by atoms with E-state index in [1.807, 2.05) is 6.92 Å². The average Bonchev–Trinajstić information content (AvgIpc) is 1.71. The number of nitrogens with zero attached hydrogens (tertiary/aromatic N) is 6. The van der Waals surface area contributed by atoms with Crippen LogP contribution in [0.3, 0.4) is 0 Å². The Labute approximate surface area is 507 Å². The minimum absolute atomic E-state index is 0.199. The number of hydrogen-bond donors (Lipinski definition) is 6. The molecular weight excluding hydrogens is 1280 g/mol. The van der Waals surface area contributed by atoms with Gasteiger partial charge in [0.25, 0.3) is 46.4 Å². The number of nitrogens with one attached hydrogen (secondary N) is 1. The number of carbonyl (C=O) groups is 1. The van der Waals surface area contributed by atoms with Crippen LogP contribution in [0.1, 0.15) is 38.2 Å². The number of aromatic nitrogens is 6. The molecule has 1 amide bonds. The molecule has 0 fully saturated rings. The number of benzene rings is 9. The van der Waals surface area contributed by atoms with E-state index in [9.17, 15) is 56.7 Å². The van der Waals surface area contributed by atoms with Gasteiger partial charge in [-0.3, -0.25) is 23.0 Å². The summed E-state index contributed by atoms with van der Waals surface area (Å²) >= 11 is 0. The summed E-state index contributed by atoms with van der Waals surface area (Å²) in [6.45, 7) is 1.90. The third-order valence-electron chi connectivity index (χ3n) is 12.6. The first-order valence-electron chi connectivity index (χ1n) is 24.8. The molecule has 0 saturated heterocycles. The molecule has 33 heteroatoms. The Hall–Kier alpha value is -10.1. The largest absolute Gasteiger partial charge is 0.425 e. The molecule has 0 atom stereocenters. The number of nitrogens with two attached hydrogens (primary N) is 1. The van der Waals surface area contributed by atoms with Gasteiger partial charge in [0.15, 0.2) is 0 Å². The van der Waals surface area contributed by atoms with E-state index in [-0.39, 0.29) is 47.6 Å². The summed E-state index contributed by atoms with van der Waals surface area (Å²) in [7, 11) is -24.3. The van der Waals surface area contributed by atoms with Gasteiger partial charge in [-0.2, -0.15) is 43.3 Å². The molecular formula is C56H42N8O19S6. The van der Waals surface area contributed by atoms with E-state index in [1.165, 1.54) is 64.2 Å². The predicted molar refractivity (Wildman–Crippen MR) is 326 cm³/mol. The zero-order chi connectivity index (χ0) is 64.8. The Morgan fingerprint density at radius 3 is 1.21 bits per heavy atom. The summed E-state index contributed by atoms with van der Waals surface area (Å²) in [5.41, 5.74) is 12.0. The van der Waals surface area contributed by atoms with Crippen LogP contribution in [0.15, 0.2) is 189 Å². The fourth-order valence-corrected chi connectivity index (χ4v) is 11.5. The SMILES string of the molecule is Cc1ccc(C(=O)Nc2ccc(/C=C/c3ccc(-n4nc5cc(S(=O)(=O)O)c6ccccc6c5n4)cc3)c(S(=O)(=O)O)c2)cc1.Nc1ccc(/C=C/c2ccc(-n3nc4cc(S(=O)(=O)O)c5ccccc5c4n3)cc2)c(S(=O)(=O)O)c1.O=S(=O)=O.O=S(=O)=O. The second-order valence-corrected chi connectivity index (χ2v) is 25.0. The molecule has 0 unspecified atom stereocenters. The zero-order valence-corrected chi connectivity index (χ0v) is 50.0. The van der Waals surface area contributed by atoms with E-state index in [4.69, 9.17) is 31.0 Å². The quantitative estimate of drug-likeness (QED) is 0.0389. The molecule has 0 aliphatic carbocycles. The number of nitrogen functional groups attached to an aromatic ring is 1. The van der Waals surface area contributed by atoms with Crippen LogP contribution >= 0.6 is 0 Å². The summed E-state index contributed by atoms with van der Waals surface area (Å²) in [5.74, 6) is -0.425. The maximum absolute atomic E-state index is 12.6. The van der Waals surface area contributed by atoms with Crippen molar-refractivity contribution in [3.8, 4) is 11.4 Å². The van der Waals surface area contributed by atoms with Crippen LogP contribution in [0, 0.1) is 6.92 Å². The Kier molecular flexibility index (Phi) is 19.3. The van der Waals surface area contributed by atoms with Crippen molar-refractivity contribution in [1.82, 2.24) is 30.0 Å². The lowest BCUT2D eigenvalue weighted by atomic mass is 10.1. The summed E-state index contributed by atoms with van der Waals surface area (Å²) in [6, 6.07) is 45.1. The molecule has 11 rings (SSSR count). The van der Waals surface area contributed by atoms with Crippen molar-refractivity contribution in [2.24, 2.45) is 0 Å². The number of aryl methyl sites for hydroxylation is 1. The van der Waals surface area contributed by atoms with Crippen molar-refractivity contribution in [3.63, 3.8) is 0 Å². The first-order valence-corrected chi connectivity index (χ1v) is 32.6. The Morgan fingerprint density at radius 1 is 0.449 bits per heavy atom. The van der Waals surface area contributed by atoms with Gasteiger partial charge in [-0.05, 0) is 102 Å². The van der Waals surface area contributed by atoms with Crippen molar-refractivity contribution >= 4 is 147 Å². The smallest absolute Gasteiger partial charge is 0.399 e. The van der Waals surface area contributed by atoms with Gasteiger partial charge in [-0.1, -0.05) is 127 Å². The molecule has 2 heterocycles. The third-order valence-corrected chi connectivity index (χ3v) is 16.2. The molecule has 2 aromatic heterocycles. The van der Waals surface area contributed by atoms with Crippen molar-refractivity contribution in [2.75, 3.05) is 11.1 Å². The van der Waals surface area contributed by atoms with Crippen molar-refractivity contribution in [3.05, 3.63) is 203 Å². The molecule has 27 nitrogen and oxygen atoms in total. The van der Waals surface area contributed by atoms with Crippen LogP contribution in [0.4, 0.5) is 11.4 Å². The Balaban J connectivity index is 0.000000209. The highest BCUT2D eigenvalue weighted by molar-refractivity contribution is 7.86. The molecule has 89 heavy (non-hydrogen) atoms. The first-order chi connectivity index (χ1) is 41.8. The normalized spacial score (nSPS) is 11.8. The van der Waals surface area contributed by atoms with Gasteiger partial charge in [0.05, 0.1) is 11.4 Å². The Bertz CT molecular complexity index is 5360. The highest BCUT2D eigenvalue weighted by Crippen LogP contribution is 2.32. The maximum atomic E-state index is 12.6. The number of carbonyl (C=O) groups excluding carboxylic acids is 1. The molecule has 0 radical (unpaired) electrons. The second-order valence-electron chi connectivity index (χ2n) is 18.6. The van der Waals surface area contributed by atoms with Crippen LogP contribution in [0.5, 0.6) is 0 Å². The molecule has 0 bridgehead atoms. The van der Waals surface area contributed by atoms with Gasteiger partial charge in [-0.25, -0.2) is 0 Å². The molecule has 0 spiro atoms. The number of amides is 1. The minimum atomic E-state index is -4.63. The summed E-state index contributed by atoms with van der Waals surface area (Å²) < 4.78 is 185. The van der Waals surface area contributed by atoms with E-state index in [0.717, 1.165) is 11.1 Å². The van der Waals surface area contributed by atoms with Crippen LogP contribution < -0.4 is 11.1 Å². The van der Waals surface area contributed by atoms with Crippen molar-refractivity contribution in [2.45, 2.75) is 26.5 Å². The minimum Gasteiger partial charge on any atom is -0.399 e. The van der Waals surface area contributed by atoms with Crippen molar-refractivity contribution < 1.29 is 81.9 Å². The summed E-state index contributed by atoms with van der Waals surface area (Å²) in [5, 5.41) is 22.2. The molecule has 0 aliphatic heterocycles. The molecule has 7 N–H and O–H groups in total. The van der Waals surface area contributed by atoms with Crippen LogP contribution in [0.25, 0.3) is 79.3 Å². The topological polar surface area (TPSA) is 436 Å². The van der Waals surface area contributed by atoms with Gasteiger partial charge in [0.1, 0.15) is 41.6 Å². The standard InChI is InChI=1S/C32H24N4O7S2.C24H18N4O6S2.2O3S/c1-20-6-11-23(12-7-20)32(37)33-24-15-14-22(29(18-24)44(38,39)40)13-8-21-9-16-25(17-10-21)36-34-28-19-30(45(41,42)43)26-4-2-3-5-27(26)31(28)35-36;25-17-10-9-16(22(13-17)35(29,30)31)8-5-15-6-11-18(12-7-15)28-26-21-14-23(36(32,33)34)19-3-1-2-4-20(19)24(21)27-28;2*1-4(2)3/h2-19H,1H3,(H,33,37)(H,38,39,40)(H,41,42,43);1-14H,25H2,(H,29,30,31)(H,32,33,34);;/b13-8+;8-5+;;. The second kappa shape index (κ2) is 26.5. The van der Waals surface area contributed by atoms with Gasteiger partial charge in [-0.15, -0.1) is 45.6 Å². The van der Waals surface area contributed by atoms with E-state index >= 15 is 0 Å². The van der Waals surface area contributed by atoms with Gasteiger partial charge >= 0.3 is 21.2 Å². The fourth-order valence-electron chi connectivity index (χ4n) is 8.69. The van der Waals surface area contributed by atoms with Crippen LogP contribution in [0.2, 0.25) is 0 Å². The lowest BCUT2D eigenvalue weighted by molar-refractivity contribution is 0.102. The number of anilines is 2.